The summed E-state index contributed by atoms with van der Waals surface area (Å²) in [5, 5.41) is 2.25. The van der Waals surface area contributed by atoms with Gasteiger partial charge in [0.25, 0.3) is 0 Å². The summed E-state index contributed by atoms with van der Waals surface area (Å²) >= 11 is 1.35. The third-order valence-electron chi connectivity index (χ3n) is 0.518. The third-order valence-corrected chi connectivity index (χ3v) is 1.06. The van der Waals surface area contributed by atoms with Gasteiger partial charge in [0.15, 0.2) is 5.17 Å². The second-order valence-corrected chi connectivity index (χ2v) is 2.08. The number of hydrogen-bond donors (Lipinski definition) is 1. The summed E-state index contributed by atoms with van der Waals surface area (Å²) in [5.41, 5.74) is 5.34. The monoisotopic (exact) mass is 130 g/mol. The van der Waals surface area contributed by atoms with E-state index in [9.17, 15) is 0 Å². The zero-order chi connectivity index (χ0) is 6.41. The van der Waals surface area contributed by atoms with Crippen molar-refractivity contribution in [3.8, 4) is 0 Å². The van der Waals surface area contributed by atoms with Gasteiger partial charge in [0.2, 0.25) is 0 Å². The van der Waals surface area contributed by atoms with E-state index in [4.69, 9.17) is 5.73 Å². The molecule has 0 spiro atoms. The van der Waals surface area contributed by atoms with E-state index in [0.29, 0.717) is 5.17 Å². The quantitative estimate of drug-likeness (QED) is 0.450. The highest BCUT2D eigenvalue weighted by Crippen LogP contribution is 1.97. The molecular formula is C5H10N2S. The maximum absolute atomic E-state index is 5.34. The van der Waals surface area contributed by atoms with Crippen molar-refractivity contribution in [2.75, 3.05) is 6.54 Å². The molecule has 0 aromatic rings. The normalized spacial score (nSPS) is 11.4. The molecule has 0 amide bonds. The van der Waals surface area contributed by atoms with Gasteiger partial charge in [-0.25, -0.2) is 0 Å². The fourth-order valence-electron chi connectivity index (χ4n) is 0.278. The summed E-state index contributed by atoms with van der Waals surface area (Å²) in [6.07, 6.45) is 0. The topological polar surface area (TPSA) is 38.4 Å². The van der Waals surface area contributed by atoms with E-state index in [1.807, 2.05) is 6.92 Å². The molecule has 3 heteroatoms. The first kappa shape index (κ1) is 7.56. The van der Waals surface area contributed by atoms with Crippen LogP contribution in [0.5, 0.6) is 0 Å². The van der Waals surface area contributed by atoms with Crippen LogP contribution in [0.2, 0.25) is 0 Å². The number of aliphatic imine (C=N–C) groups is 1. The molecule has 0 aromatic carbocycles. The minimum Gasteiger partial charge on any atom is -0.378 e. The molecule has 0 unspecified atom stereocenters. The molecule has 0 aromatic heterocycles. The molecular weight excluding hydrogens is 120 g/mol. The van der Waals surface area contributed by atoms with Gasteiger partial charge in [-0.15, -0.1) is 0 Å². The zero-order valence-electron chi connectivity index (χ0n) is 4.92. The number of nitrogens with zero attached hydrogens (tertiary/aromatic N) is 1. The first-order valence-corrected chi connectivity index (χ1v) is 3.26. The predicted octanol–water partition coefficient (Wildman–Crippen LogP) is 1.20. The molecule has 46 valence electrons. The van der Waals surface area contributed by atoms with Crippen LogP contribution in [0.4, 0.5) is 0 Å². The molecule has 0 heterocycles. The van der Waals surface area contributed by atoms with Crippen LogP contribution < -0.4 is 5.73 Å². The second-order valence-electron chi connectivity index (χ2n) is 1.10. The van der Waals surface area contributed by atoms with Crippen LogP contribution in [-0.4, -0.2) is 11.7 Å². The van der Waals surface area contributed by atoms with Crippen molar-refractivity contribution in [1.82, 2.24) is 0 Å². The van der Waals surface area contributed by atoms with Crippen LogP contribution in [0.3, 0.4) is 0 Å². The van der Waals surface area contributed by atoms with Gasteiger partial charge in [0, 0.05) is 6.54 Å². The summed E-state index contributed by atoms with van der Waals surface area (Å²) in [7, 11) is 0. The molecule has 8 heavy (non-hydrogen) atoms. The molecule has 0 rings (SSSR count). The van der Waals surface area contributed by atoms with Gasteiger partial charge in [-0.2, -0.15) is 0 Å². The van der Waals surface area contributed by atoms with Crippen molar-refractivity contribution in [2.45, 2.75) is 6.92 Å². The van der Waals surface area contributed by atoms with Crippen LogP contribution in [0, 0.1) is 0 Å². The van der Waals surface area contributed by atoms with Crippen molar-refractivity contribution in [2.24, 2.45) is 10.7 Å². The van der Waals surface area contributed by atoms with E-state index in [-0.39, 0.29) is 0 Å². The summed E-state index contributed by atoms with van der Waals surface area (Å²) in [4.78, 5) is 3.90. The van der Waals surface area contributed by atoms with Crippen molar-refractivity contribution in [1.29, 1.82) is 0 Å². The number of amidine groups is 1. The Morgan fingerprint density at radius 1 is 2.00 bits per heavy atom. The summed E-state index contributed by atoms with van der Waals surface area (Å²) in [5.74, 6) is 0. The van der Waals surface area contributed by atoms with Crippen molar-refractivity contribution in [3.05, 3.63) is 12.0 Å². The van der Waals surface area contributed by atoms with Crippen LogP contribution in [0.1, 0.15) is 6.92 Å². The highest BCUT2D eigenvalue weighted by molar-refractivity contribution is 8.16. The number of hydrogen-bond acceptors (Lipinski definition) is 2. The van der Waals surface area contributed by atoms with Crippen LogP contribution in [0.25, 0.3) is 0 Å². The van der Waals surface area contributed by atoms with E-state index in [2.05, 4.69) is 11.6 Å². The predicted molar refractivity (Wildman–Crippen MR) is 40.0 cm³/mol. The molecule has 0 saturated heterocycles. The molecule has 0 fully saturated rings. The minimum absolute atomic E-state index is 0.586. The maximum atomic E-state index is 5.34. The van der Waals surface area contributed by atoms with E-state index in [1.54, 1.807) is 5.41 Å². The summed E-state index contributed by atoms with van der Waals surface area (Å²) in [6, 6.07) is 0. The van der Waals surface area contributed by atoms with Crippen LogP contribution in [-0.2, 0) is 0 Å². The van der Waals surface area contributed by atoms with E-state index >= 15 is 0 Å². The van der Waals surface area contributed by atoms with Gasteiger partial charge in [0.05, 0.1) is 0 Å². The summed E-state index contributed by atoms with van der Waals surface area (Å²) in [6.45, 7) is 6.17. The Morgan fingerprint density at radius 3 is 3.00 bits per heavy atom. The smallest absolute Gasteiger partial charge is 0.158 e. The lowest BCUT2D eigenvalue weighted by Crippen LogP contribution is -2.04. The maximum Gasteiger partial charge on any atom is 0.158 e. The molecule has 0 aliphatic rings. The second kappa shape index (κ2) is 4.71. The van der Waals surface area contributed by atoms with Gasteiger partial charge in [0.1, 0.15) is 0 Å². The Balaban J connectivity index is 3.44. The molecule has 0 bridgehead atoms. The lowest BCUT2D eigenvalue weighted by molar-refractivity contribution is 1.13. The molecule has 0 atom stereocenters. The average Bonchev–Trinajstić information content (AvgIpc) is 1.68. The van der Waals surface area contributed by atoms with Gasteiger partial charge in [-0.1, -0.05) is 18.3 Å². The first-order valence-electron chi connectivity index (χ1n) is 2.38. The summed E-state index contributed by atoms with van der Waals surface area (Å²) < 4.78 is 0. The lowest BCUT2D eigenvalue weighted by atomic mass is 10.8. The van der Waals surface area contributed by atoms with Crippen molar-refractivity contribution < 1.29 is 0 Å². The number of rotatable bonds is 2. The highest BCUT2D eigenvalue weighted by Gasteiger charge is 1.82. The van der Waals surface area contributed by atoms with Crippen molar-refractivity contribution in [3.63, 3.8) is 0 Å². The Hall–Kier alpha value is -0.440. The Bertz CT molecular complexity index is 98.6. The average molecular weight is 130 g/mol. The van der Waals surface area contributed by atoms with E-state index < -0.39 is 0 Å². The van der Waals surface area contributed by atoms with Gasteiger partial charge in [-0.05, 0) is 12.3 Å². The van der Waals surface area contributed by atoms with E-state index in [0.717, 1.165) is 6.54 Å². The molecule has 2 nitrogen and oxygen atoms in total. The fourth-order valence-corrected chi connectivity index (χ4v) is 0.653. The molecule has 2 N–H and O–H groups in total. The standard InChI is InChI=1S/C5H10N2S/c1-3-7-5(6)8-4-2/h4H,2-3H2,1H3,(H2,6,7). The lowest BCUT2D eigenvalue weighted by Gasteiger charge is -1.89. The molecule has 0 aliphatic heterocycles. The number of nitrogens with two attached hydrogens (primary N) is 1. The minimum atomic E-state index is 0.586. The zero-order valence-corrected chi connectivity index (χ0v) is 5.74. The highest BCUT2D eigenvalue weighted by atomic mass is 32.2. The SMILES string of the molecule is C=CSC(N)=NCC. The Kier molecular flexibility index (Phi) is 4.45. The Morgan fingerprint density at radius 2 is 2.62 bits per heavy atom. The number of thioether (sulfide) groups is 1. The van der Waals surface area contributed by atoms with Gasteiger partial charge >= 0.3 is 0 Å². The first-order chi connectivity index (χ1) is 3.81. The largest absolute Gasteiger partial charge is 0.378 e. The fraction of sp³-hybridized carbons (Fsp3) is 0.400. The van der Waals surface area contributed by atoms with Crippen molar-refractivity contribution >= 4 is 16.9 Å². The van der Waals surface area contributed by atoms with Gasteiger partial charge < -0.3 is 5.73 Å². The molecule has 0 radical (unpaired) electrons. The Labute approximate surface area is 53.9 Å². The van der Waals surface area contributed by atoms with Crippen LogP contribution in [0.15, 0.2) is 17.0 Å². The van der Waals surface area contributed by atoms with Gasteiger partial charge in [-0.3, -0.25) is 4.99 Å². The molecule has 0 saturated carbocycles. The third kappa shape index (κ3) is 3.74. The van der Waals surface area contributed by atoms with E-state index in [1.165, 1.54) is 11.8 Å². The molecule has 0 aliphatic carbocycles. The van der Waals surface area contributed by atoms with Crippen LogP contribution >= 0.6 is 11.8 Å².